The van der Waals surface area contributed by atoms with E-state index in [1.165, 1.54) is 14.5 Å². The Morgan fingerprint density at radius 2 is 1.75 bits per heavy atom. The van der Waals surface area contributed by atoms with Crippen molar-refractivity contribution in [1.82, 2.24) is 0 Å². The van der Waals surface area contributed by atoms with Gasteiger partial charge in [-0.2, -0.15) is 0 Å². The Labute approximate surface area is 103 Å². The summed E-state index contributed by atoms with van der Waals surface area (Å²) in [6.45, 7) is 2.12. The molecule has 0 bridgehead atoms. The third-order valence-corrected chi connectivity index (χ3v) is 4.49. The van der Waals surface area contributed by atoms with Gasteiger partial charge in [0.25, 0.3) is 0 Å². The van der Waals surface area contributed by atoms with Crippen LogP contribution < -0.4 is 13.7 Å². The number of methoxy groups -OCH3 is 1. The molecule has 82 valence electrons. The Morgan fingerprint density at radius 3 is 2.44 bits per heavy atom. The van der Waals surface area contributed by atoms with Crippen molar-refractivity contribution >= 4 is 23.9 Å². The molecule has 0 unspecified atom stereocenters. The zero-order valence-corrected chi connectivity index (χ0v) is 11.1. The molecular weight excluding hydrogens is 263 g/mol. The van der Waals surface area contributed by atoms with Crippen LogP contribution in [0.15, 0.2) is 48.5 Å². The van der Waals surface area contributed by atoms with E-state index in [-0.39, 0.29) is 0 Å². The molecule has 2 rings (SSSR count). The van der Waals surface area contributed by atoms with E-state index < -0.39 is 0 Å². The van der Waals surface area contributed by atoms with Crippen LogP contribution in [0.5, 0.6) is 5.75 Å². The van der Waals surface area contributed by atoms with Crippen molar-refractivity contribution in [3.63, 3.8) is 0 Å². The number of rotatable bonds is 3. The van der Waals surface area contributed by atoms with E-state index in [1.807, 2.05) is 6.07 Å². The Kier molecular flexibility index (Phi) is 3.66. The zero-order valence-electron chi connectivity index (χ0n) is 9.44. The second-order valence-corrected chi connectivity index (χ2v) is 5.91. The number of hydrogen-bond donors (Lipinski definition) is 0. The topological polar surface area (TPSA) is 9.23 Å². The minimum absolute atomic E-state index is 0.318. The Balaban J connectivity index is 2.30. The average Bonchev–Trinajstić information content (AvgIpc) is 2.31. The van der Waals surface area contributed by atoms with Crippen LogP contribution in [0.4, 0.5) is 0 Å². The van der Waals surface area contributed by atoms with E-state index >= 15 is 0 Å². The molecule has 16 heavy (non-hydrogen) atoms. The molecule has 0 radical (unpaired) electrons. The van der Waals surface area contributed by atoms with Crippen LogP contribution >= 0.6 is 0 Å². The fraction of sp³-hybridized carbons (Fsp3) is 0.143. The van der Waals surface area contributed by atoms with Crippen molar-refractivity contribution in [3.8, 4) is 5.75 Å². The summed E-state index contributed by atoms with van der Waals surface area (Å²) >= 11 is 0.318. The van der Waals surface area contributed by atoms with Crippen molar-refractivity contribution in [3.05, 3.63) is 54.1 Å². The summed E-state index contributed by atoms with van der Waals surface area (Å²) in [6, 6.07) is 16.9. The van der Waals surface area contributed by atoms with Gasteiger partial charge >= 0.3 is 102 Å². The van der Waals surface area contributed by atoms with Crippen molar-refractivity contribution in [2.75, 3.05) is 7.11 Å². The van der Waals surface area contributed by atoms with E-state index in [0.717, 1.165) is 5.75 Å². The second kappa shape index (κ2) is 5.20. The van der Waals surface area contributed by atoms with E-state index in [2.05, 4.69) is 49.4 Å². The summed E-state index contributed by atoms with van der Waals surface area (Å²) in [6.07, 6.45) is 0. The van der Waals surface area contributed by atoms with E-state index in [0.29, 0.717) is 15.0 Å². The molecule has 2 aromatic carbocycles. The summed E-state index contributed by atoms with van der Waals surface area (Å²) in [5.74, 6) is 0.995. The van der Waals surface area contributed by atoms with Gasteiger partial charge in [-0.25, -0.2) is 0 Å². The van der Waals surface area contributed by atoms with Crippen LogP contribution in [0, 0.1) is 6.92 Å². The first-order valence-corrected chi connectivity index (χ1v) is 6.88. The van der Waals surface area contributed by atoms with Crippen molar-refractivity contribution in [2.24, 2.45) is 0 Å². The first-order valence-electron chi connectivity index (χ1n) is 5.17. The first kappa shape index (κ1) is 11.3. The molecule has 0 saturated heterocycles. The summed E-state index contributed by atoms with van der Waals surface area (Å²) in [5, 5.41) is 0. The number of ether oxygens (including phenoxy) is 1. The van der Waals surface area contributed by atoms with Crippen LogP contribution in [0.25, 0.3) is 0 Å². The van der Waals surface area contributed by atoms with Gasteiger partial charge in [0.15, 0.2) is 0 Å². The molecule has 1 nitrogen and oxygen atoms in total. The molecule has 0 aliphatic rings. The first-order chi connectivity index (χ1) is 7.79. The average molecular weight is 277 g/mol. The van der Waals surface area contributed by atoms with E-state index in [4.69, 9.17) is 4.74 Å². The molecule has 2 aromatic rings. The Hall–Kier alpha value is -1.24. The van der Waals surface area contributed by atoms with Gasteiger partial charge in [-0.05, 0) is 0 Å². The van der Waals surface area contributed by atoms with Crippen molar-refractivity contribution < 1.29 is 4.74 Å². The molecule has 0 aliphatic carbocycles. The maximum atomic E-state index is 5.39. The molecule has 0 fully saturated rings. The van der Waals surface area contributed by atoms with Gasteiger partial charge in [-0.1, -0.05) is 0 Å². The molecular formula is C14H14OSe. The third-order valence-electron chi connectivity index (χ3n) is 2.29. The fourth-order valence-corrected chi connectivity index (χ4v) is 3.67. The zero-order chi connectivity index (χ0) is 11.4. The van der Waals surface area contributed by atoms with Crippen molar-refractivity contribution in [2.45, 2.75) is 6.92 Å². The Bertz CT molecular complexity index is 465. The molecule has 0 N–H and O–H groups in total. The molecule has 0 atom stereocenters. The van der Waals surface area contributed by atoms with Crippen LogP contribution in [0.2, 0.25) is 0 Å². The summed E-state index contributed by atoms with van der Waals surface area (Å²) in [4.78, 5) is 0. The second-order valence-electron chi connectivity index (χ2n) is 3.57. The summed E-state index contributed by atoms with van der Waals surface area (Å²) in [7, 11) is 1.73. The van der Waals surface area contributed by atoms with Gasteiger partial charge in [-0.3, -0.25) is 0 Å². The van der Waals surface area contributed by atoms with Gasteiger partial charge in [-0.15, -0.1) is 0 Å². The molecule has 0 amide bonds. The molecule has 0 aromatic heterocycles. The van der Waals surface area contributed by atoms with Gasteiger partial charge in [0.1, 0.15) is 0 Å². The summed E-state index contributed by atoms with van der Waals surface area (Å²) in [5.41, 5.74) is 1.29. The molecule has 0 spiro atoms. The van der Waals surface area contributed by atoms with Crippen molar-refractivity contribution in [1.29, 1.82) is 0 Å². The van der Waals surface area contributed by atoms with E-state index in [1.54, 1.807) is 7.11 Å². The van der Waals surface area contributed by atoms with Gasteiger partial charge < -0.3 is 0 Å². The van der Waals surface area contributed by atoms with Crippen LogP contribution in [-0.4, -0.2) is 22.1 Å². The predicted molar refractivity (Wildman–Crippen MR) is 69.2 cm³/mol. The normalized spacial score (nSPS) is 10.1. The number of hydrogen-bond acceptors (Lipinski definition) is 1. The Morgan fingerprint density at radius 1 is 1.00 bits per heavy atom. The molecule has 0 heterocycles. The van der Waals surface area contributed by atoms with Crippen LogP contribution in [0.3, 0.4) is 0 Å². The maximum absolute atomic E-state index is 5.39. The fourth-order valence-electron chi connectivity index (χ4n) is 1.48. The molecule has 2 heteroatoms. The standard InChI is InChI=1S/C14H14OSe/c1-11-8-9-13(15-2)14(10-11)16-12-6-4-3-5-7-12/h3-10H,1-2H3. The quantitative estimate of drug-likeness (QED) is 0.775. The predicted octanol–water partition coefficient (Wildman–Crippen LogP) is 1.66. The van der Waals surface area contributed by atoms with E-state index in [9.17, 15) is 0 Å². The van der Waals surface area contributed by atoms with Gasteiger partial charge in [0.2, 0.25) is 0 Å². The third kappa shape index (κ3) is 2.66. The van der Waals surface area contributed by atoms with Gasteiger partial charge in [0, 0.05) is 0 Å². The summed E-state index contributed by atoms with van der Waals surface area (Å²) < 4.78 is 8.07. The van der Waals surface area contributed by atoms with Crippen LogP contribution in [0.1, 0.15) is 5.56 Å². The van der Waals surface area contributed by atoms with Crippen LogP contribution in [-0.2, 0) is 0 Å². The van der Waals surface area contributed by atoms with Gasteiger partial charge in [0.05, 0.1) is 0 Å². The minimum atomic E-state index is 0.318. The number of aryl methyl sites for hydroxylation is 1. The molecule has 0 aliphatic heterocycles. The molecule has 0 saturated carbocycles. The monoisotopic (exact) mass is 278 g/mol. The number of benzene rings is 2. The SMILES string of the molecule is COc1ccc(C)cc1[Se]c1ccccc1.